The molecule has 1 unspecified atom stereocenters. The second-order valence-corrected chi connectivity index (χ2v) is 6.67. The van der Waals surface area contributed by atoms with Gasteiger partial charge in [0.25, 0.3) is 0 Å². The van der Waals surface area contributed by atoms with Crippen molar-refractivity contribution in [2.45, 2.75) is 31.8 Å². The van der Waals surface area contributed by atoms with Crippen molar-refractivity contribution >= 4 is 16.9 Å². The molecule has 0 saturated heterocycles. The van der Waals surface area contributed by atoms with Gasteiger partial charge in [-0.05, 0) is 36.1 Å². The zero-order valence-corrected chi connectivity index (χ0v) is 14.7. The molecule has 26 heavy (non-hydrogen) atoms. The molecule has 0 aliphatic carbocycles. The van der Waals surface area contributed by atoms with Crippen molar-refractivity contribution in [3.05, 3.63) is 65.5 Å². The Balaban J connectivity index is 1.24. The minimum Gasteiger partial charge on any atom is -0.373 e. The van der Waals surface area contributed by atoms with E-state index < -0.39 is 0 Å². The highest BCUT2D eigenvalue weighted by Gasteiger charge is 2.22. The largest absolute Gasteiger partial charge is 0.373 e. The summed E-state index contributed by atoms with van der Waals surface area (Å²) in [7, 11) is 0. The van der Waals surface area contributed by atoms with Crippen LogP contribution in [-0.4, -0.2) is 29.0 Å². The third kappa shape index (κ3) is 3.78. The number of para-hydroxylation sites is 2. The van der Waals surface area contributed by atoms with E-state index in [4.69, 9.17) is 4.74 Å². The molecule has 2 heterocycles. The van der Waals surface area contributed by atoms with Gasteiger partial charge in [0.05, 0.1) is 30.2 Å². The fraction of sp³-hybridized carbons (Fsp3) is 0.333. The number of aryl methyl sites for hydroxylation is 1. The molecular formula is C21H23N3O2. The molecule has 2 aromatic carbocycles. The topological polar surface area (TPSA) is 67.0 Å². The first-order valence-electron chi connectivity index (χ1n) is 9.19. The summed E-state index contributed by atoms with van der Waals surface area (Å²) in [5, 5.41) is 3.00. The quantitative estimate of drug-likeness (QED) is 0.671. The Labute approximate surface area is 152 Å². The van der Waals surface area contributed by atoms with Crippen LogP contribution in [0.15, 0.2) is 48.5 Å². The molecule has 1 aliphatic rings. The number of aromatic amines is 1. The van der Waals surface area contributed by atoms with Crippen molar-refractivity contribution in [1.29, 1.82) is 0 Å². The summed E-state index contributed by atoms with van der Waals surface area (Å²) in [6.07, 6.45) is 2.84. The Hall–Kier alpha value is -2.66. The first kappa shape index (κ1) is 16.8. The van der Waals surface area contributed by atoms with Gasteiger partial charge in [-0.1, -0.05) is 36.4 Å². The molecule has 0 bridgehead atoms. The number of imidazole rings is 1. The molecule has 5 heteroatoms. The second kappa shape index (κ2) is 7.70. The van der Waals surface area contributed by atoms with Crippen molar-refractivity contribution in [1.82, 2.24) is 15.3 Å². The third-order valence-corrected chi connectivity index (χ3v) is 4.81. The highest BCUT2D eigenvalue weighted by molar-refractivity contribution is 5.77. The van der Waals surface area contributed by atoms with Gasteiger partial charge in [0.1, 0.15) is 5.82 Å². The maximum absolute atomic E-state index is 12.3. The minimum atomic E-state index is -0.129. The summed E-state index contributed by atoms with van der Waals surface area (Å²) in [5.74, 6) is 1.00. The Morgan fingerprint density at radius 1 is 1.19 bits per heavy atom. The molecule has 1 amide bonds. The molecule has 134 valence electrons. The highest BCUT2D eigenvalue weighted by atomic mass is 16.5. The molecule has 3 aromatic rings. The van der Waals surface area contributed by atoms with Crippen molar-refractivity contribution in [3.63, 3.8) is 0 Å². The van der Waals surface area contributed by atoms with Gasteiger partial charge in [-0.25, -0.2) is 4.98 Å². The standard InChI is InChI=1S/C21H23N3O2/c25-21(14-19-16-7-2-1-6-15(16)11-13-26-19)22-12-5-10-20-23-17-8-3-4-9-18(17)24-20/h1-4,6-9,19H,5,10-14H2,(H,22,25)(H,23,24). The van der Waals surface area contributed by atoms with Gasteiger partial charge < -0.3 is 15.0 Å². The molecule has 0 spiro atoms. The zero-order valence-electron chi connectivity index (χ0n) is 14.7. The third-order valence-electron chi connectivity index (χ3n) is 4.81. The van der Waals surface area contributed by atoms with Crippen molar-refractivity contribution in [2.75, 3.05) is 13.2 Å². The lowest BCUT2D eigenvalue weighted by Crippen LogP contribution is -2.28. The van der Waals surface area contributed by atoms with Crippen LogP contribution in [0.3, 0.4) is 0 Å². The number of fused-ring (bicyclic) bond motifs is 2. The van der Waals surface area contributed by atoms with Crippen molar-refractivity contribution in [3.8, 4) is 0 Å². The molecule has 0 saturated carbocycles. The lowest BCUT2D eigenvalue weighted by atomic mass is 9.95. The van der Waals surface area contributed by atoms with Crippen LogP contribution in [0.2, 0.25) is 0 Å². The van der Waals surface area contributed by atoms with E-state index in [1.807, 2.05) is 36.4 Å². The molecule has 1 atom stereocenters. The number of aromatic nitrogens is 2. The molecular weight excluding hydrogens is 326 g/mol. The first-order valence-corrected chi connectivity index (χ1v) is 9.19. The van der Waals surface area contributed by atoms with Gasteiger partial charge in [-0.15, -0.1) is 0 Å². The predicted molar refractivity (Wildman–Crippen MR) is 101 cm³/mol. The number of nitrogens with zero attached hydrogens (tertiary/aromatic N) is 1. The van der Waals surface area contributed by atoms with Gasteiger partial charge in [0, 0.05) is 13.0 Å². The van der Waals surface area contributed by atoms with Crippen LogP contribution >= 0.6 is 0 Å². The number of hydrogen-bond acceptors (Lipinski definition) is 3. The molecule has 0 radical (unpaired) electrons. The van der Waals surface area contributed by atoms with Gasteiger partial charge in [-0.2, -0.15) is 0 Å². The van der Waals surface area contributed by atoms with E-state index in [0.29, 0.717) is 19.6 Å². The number of carbonyl (C=O) groups is 1. The number of amides is 1. The monoisotopic (exact) mass is 349 g/mol. The van der Waals surface area contributed by atoms with Crippen LogP contribution in [-0.2, 0) is 22.4 Å². The number of nitrogens with one attached hydrogen (secondary N) is 2. The maximum atomic E-state index is 12.3. The van der Waals surface area contributed by atoms with Crippen molar-refractivity contribution in [2.24, 2.45) is 0 Å². The SMILES string of the molecule is O=C(CC1OCCc2ccccc21)NCCCc1nc2ccccc2[nH]1. The van der Waals surface area contributed by atoms with Crippen LogP contribution in [0.25, 0.3) is 11.0 Å². The van der Waals surface area contributed by atoms with Gasteiger partial charge in [0.15, 0.2) is 0 Å². The number of rotatable bonds is 6. The molecule has 0 fully saturated rings. The zero-order chi connectivity index (χ0) is 17.8. The fourth-order valence-corrected chi connectivity index (χ4v) is 3.49. The number of ether oxygens (including phenoxy) is 1. The molecule has 2 N–H and O–H groups in total. The smallest absolute Gasteiger partial charge is 0.222 e. The summed E-state index contributed by atoms with van der Waals surface area (Å²) >= 11 is 0. The Bertz CT molecular complexity index is 870. The maximum Gasteiger partial charge on any atom is 0.222 e. The van der Waals surface area contributed by atoms with Crippen LogP contribution in [0, 0.1) is 0 Å². The second-order valence-electron chi connectivity index (χ2n) is 6.67. The van der Waals surface area contributed by atoms with Crippen LogP contribution in [0.5, 0.6) is 0 Å². The molecule has 4 rings (SSSR count). The number of hydrogen-bond donors (Lipinski definition) is 2. The molecule has 5 nitrogen and oxygen atoms in total. The predicted octanol–water partition coefficient (Wildman–Crippen LogP) is 3.32. The summed E-state index contributed by atoms with van der Waals surface area (Å²) < 4.78 is 5.81. The van der Waals surface area contributed by atoms with Gasteiger partial charge >= 0.3 is 0 Å². The Morgan fingerprint density at radius 2 is 2.04 bits per heavy atom. The number of H-pyrrole nitrogens is 1. The van der Waals surface area contributed by atoms with Crippen LogP contribution < -0.4 is 5.32 Å². The van der Waals surface area contributed by atoms with E-state index in [-0.39, 0.29) is 12.0 Å². The van der Waals surface area contributed by atoms with Gasteiger partial charge in [-0.3, -0.25) is 4.79 Å². The summed E-state index contributed by atoms with van der Waals surface area (Å²) in [6, 6.07) is 16.2. The van der Waals surface area contributed by atoms with Gasteiger partial charge in [0.2, 0.25) is 5.91 Å². The highest BCUT2D eigenvalue weighted by Crippen LogP contribution is 2.29. The summed E-state index contributed by atoms with van der Waals surface area (Å²) in [5.41, 5.74) is 4.48. The Morgan fingerprint density at radius 3 is 2.96 bits per heavy atom. The van der Waals surface area contributed by atoms with E-state index in [1.165, 1.54) is 5.56 Å². The van der Waals surface area contributed by atoms with Crippen LogP contribution in [0.1, 0.15) is 35.9 Å². The van der Waals surface area contributed by atoms with Crippen LogP contribution in [0.4, 0.5) is 0 Å². The number of carbonyl (C=O) groups excluding carboxylic acids is 1. The van der Waals surface area contributed by atoms with E-state index >= 15 is 0 Å². The lowest BCUT2D eigenvalue weighted by Gasteiger charge is -2.25. The van der Waals surface area contributed by atoms with E-state index in [1.54, 1.807) is 0 Å². The van der Waals surface area contributed by atoms with E-state index in [2.05, 4.69) is 27.4 Å². The average Bonchev–Trinajstić information content (AvgIpc) is 3.08. The lowest BCUT2D eigenvalue weighted by molar-refractivity contribution is -0.124. The minimum absolute atomic E-state index is 0.0382. The first-order chi connectivity index (χ1) is 12.8. The fourth-order valence-electron chi connectivity index (χ4n) is 3.49. The van der Waals surface area contributed by atoms with E-state index in [0.717, 1.165) is 41.7 Å². The number of benzene rings is 2. The average molecular weight is 349 g/mol. The normalized spacial score (nSPS) is 16.4. The summed E-state index contributed by atoms with van der Waals surface area (Å²) in [4.78, 5) is 20.1. The summed E-state index contributed by atoms with van der Waals surface area (Å²) in [6.45, 7) is 1.32. The molecule has 1 aliphatic heterocycles. The van der Waals surface area contributed by atoms with E-state index in [9.17, 15) is 4.79 Å². The molecule has 1 aromatic heterocycles. The van der Waals surface area contributed by atoms with Crippen molar-refractivity contribution < 1.29 is 9.53 Å². The Kier molecular flexibility index (Phi) is 4.97.